The van der Waals surface area contributed by atoms with E-state index in [0.29, 0.717) is 25.0 Å². The number of nitrogens with one attached hydrogen (secondary N) is 1. The Bertz CT molecular complexity index is 495. The molecule has 0 unspecified atom stereocenters. The van der Waals surface area contributed by atoms with Crippen molar-refractivity contribution in [1.29, 1.82) is 5.26 Å². The molecule has 2 rings (SSSR count). The first-order valence-electron chi connectivity index (χ1n) is 6.67. The molecule has 0 saturated heterocycles. The average molecular weight is 277 g/mol. The number of aromatic nitrogens is 3. The Balaban J connectivity index is 2.25. The number of nitrogens with zero attached hydrogens (tertiary/aromatic N) is 5. The number of nitriles is 1. The minimum atomic E-state index is -0.0376. The van der Waals surface area contributed by atoms with Crippen molar-refractivity contribution in [2.75, 3.05) is 16.9 Å². The minimum absolute atomic E-state index is 0.0376. The summed E-state index contributed by atoms with van der Waals surface area (Å²) in [6.45, 7) is 4.39. The van der Waals surface area contributed by atoms with E-state index >= 15 is 0 Å². The summed E-state index contributed by atoms with van der Waals surface area (Å²) in [4.78, 5) is 14.6. The first-order chi connectivity index (χ1) is 9.63. The van der Waals surface area contributed by atoms with Crippen molar-refractivity contribution in [1.82, 2.24) is 15.0 Å². The molecule has 3 N–H and O–H groups in total. The highest BCUT2D eigenvalue weighted by atomic mass is 16.5. The van der Waals surface area contributed by atoms with Crippen molar-refractivity contribution in [3.05, 3.63) is 0 Å². The Morgan fingerprint density at radius 3 is 2.75 bits per heavy atom. The SMILES string of the molecule is CC(C)Oc1nc(NN)nc(N(CCC#N)C2CC2)n1. The molecule has 1 saturated carbocycles. The van der Waals surface area contributed by atoms with Gasteiger partial charge in [0, 0.05) is 12.6 Å². The molecule has 1 aromatic heterocycles. The van der Waals surface area contributed by atoms with Gasteiger partial charge in [0.15, 0.2) is 0 Å². The van der Waals surface area contributed by atoms with Crippen LogP contribution in [0.2, 0.25) is 0 Å². The molecule has 0 aliphatic heterocycles. The highest BCUT2D eigenvalue weighted by molar-refractivity contribution is 5.40. The average Bonchev–Trinajstić information content (AvgIpc) is 3.22. The van der Waals surface area contributed by atoms with E-state index in [-0.39, 0.29) is 18.1 Å². The molecule has 0 bridgehead atoms. The normalized spacial score (nSPS) is 13.9. The molecule has 1 aliphatic rings. The fourth-order valence-electron chi connectivity index (χ4n) is 1.80. The molecule has 0 spiro atoms. The van der Waals surface area contributed by atoms with Gasteiger partial charge in [0.05, 0.1) is 18.6 Å². The van der Waals surface area contributed by atoms with Crippen molar-refractivity contribution in [3.63, 3.8) is 0 Å². The summed E-state index contributed by atoms with van der Waals surface area (Å²) in [5.41, 5.74) is 2.42. The van der Waals surface area contributed by atoms with Gasteiger partial charge in [-0.2, -0.15) is 20.2 Å². The zero-order chi connectivity index (χ0) is 14.5. The van der Waals surface area contributed by atoms with Gasteiger partial charge in [-0.15, -0.1) is 0 Å². The third-order valence-corrected chi connectivity index (χ3v) is 2.78. The van der Waals surface area contributed by atoms with Gasteiger partial charge in [-0.05, 0) is 26.7 Å². The quantitative estimate of drug-likeness (QED) is 0.556. The van der Waals surface area contributed by atoms with Crippen LogP contribution in [0, 0.1) is 11.3 Å². The Morgan fingerprint density at radius 1 is 1.45 bits per heavy atom. The highest BCUT2D eigenvalue weighted by Gasteiger charge is 2.31. The minimum Gasteiger partial charge on any atom is -0.461 e. The second kappa shape index (κ2) is 6.34. The predicted molar refractivity (Wildman–Crippen MR) is 74.0 cm³/mol. The summed E-state index contributed by atoms with van der Waals surface area (Å²) in [6.07, 6.45) is 2.56. The third-order valence-electron chi connectivity index (χ3n) is 2.78. The van der Waals surface area contributed by atoms with Crippen molar-refractivity contribution >= 4 is 11.9 Å². The topological polar surface area (TPSA) is 113 Å². The smallest absolute Gasteiger partial charge is 0.323 e. The maximum absolute atomic E-state index is 8.75. The molecule has 0 amide bonds. The fourth-order valence-corrected chi connectivity index (χ4v) is 1.80. The molecule has 8 heteroatoms. The van der Waals surface area contributed by atoms with E-state index in [2.05, 4.69) is 26.4 Å². The number of hydrogen-bond acceptors (Lipinski definition) is 8. The predicted octanol–water partition coefficient (Wildman–Crippen LogP) is 0.827. The molecule has 1 aromatic rings. The molecule has 1 fully saturated rings. The van der Waals surface area contributed by atoms with Crippen LogP contribution in [-0.4, -0.2) is 33.6 Å². The Hall–Kier alpha value is -2.14. The number of rotatable bonds is 7. The third kappa shape index (κ3) is 3.68. The van der Waals surface area contributed by atoms with Gasteiger partial charge in [0.25, 0.3) is 0 Å². The van der Waals surface area contributed by atoms with Crippen LogP contribution in [0.4, 0.5) is 11.9 Å². The number of hydrogen-bond donors (Lipinski definition) is 2. The van der Waals surface area contributed by atoms with Crippen molar-refractivity contribution in [3.8, 4) is 12.1 Å². The highest BCUT2D eigenvalue weighted by Crippen LogP contribution is 2.30. The lowest BCUT2D eigenvalue weighted by molar-refractivity contribution is 0.222. The largest absolute Gasteiger partial charge is 0.461 e. The summed E-state index contributed by atoms with van der Waals surface area (Å²) >= 11 is 0. The molecule has 0 aromatic carbocycles. The van der Waals surface area contributed by atoms with Gasteiger partial charge >= 0.3 is 6.01 Å². The van der Waals surface area contributed by atoms with Crippen LogP contribution in [0.1, 0.15) is 33.1 Å². The Labute approximate surface area is 117 Å². The van der Waals surface area contributed by atoms with E-state index in [4.69, 9.17) is 15.8 Å². The zero-order valence-electron chi connectivity index (χ0n) is 11.7. The lowest BCUT2D eigenvalue weighted by Gasteiger charge is -2.21. The van der Waals surface area contributed by atoms with Gasteiger partial charge < -0.3 is 9.64 Å². The number of anilines is 2. The Morgan fingerprint density at radius 2 is 2.20 bits per heavy atom. The van der Waals surface area contributed by atoms with Gasteiger partial charge in [-0.3, -0.25) is 5.43 Å². The summed E-state index contributed by atoms with van der Waals surface area (Å²) in [5.74, 6) is 6.14. The second-order valence-corrected chi connectivity index (χ2v) is 4.89. The number of nitrogen functional groups attached to an aromatic ring is 1. The number of ether oxygens (including phenoxy) is 1. The fraction of sp³-hybridized carbons (Fsp3) is 0.667. The number of nitrogens with two attached hydrogens (primary N) is 1. The van der Waals surface area contributed by atoms with E-state index in [1.54, 1.807) is 0 Å². The van der Waals surface area contributed by atoms with Crippen molar-refractivity contribution < 1.29 is 4.74 Å². The molecular weight excluding hydrogens is 258 g/mol. The van der Waals surface area contributed by atoms with Crippen LogP contribution < -0.4 is 20.9 Å². The molecule has 1 aliphatic carbocycles. The molecule has 20 heavy (non-hydrogen) atoms. The van der Waals surface area contributed by atoms with Crippen LogP contribution in [0.3, 0.4) is 0 Å². The van der Waals surface area contributed by atoms with Crippen molar-refractivity contribution in [2.24, 2.45) is 5.84 Å². The van der Waals surface area contributed by atoms with Crippen LogP contribution >= 0.6 is 0 Å². The maximum atomic E-state index is 8.75. The monoisotopic (exact) mass is 277 g/mol. The molecule has 0 atom stereocenters. The lowest BCUT2D eigenvalue weighted by Crippen LogP contribution is -2.29. The first kappa shape index (κ1) is 14.3. The standard InChI is InChI=1S/C12H19N7O/c1-8(2)20-12-16-10(18-14)15-11(17-12)19(7-3-6-13)9-4-5-9/h8-9H,3-5,7,14H2,1-2H3,(H,15,16,17,18). The van der Waals surface area contributed by atoms with Crippen LogP contribution in [-0.2, 0) is 0 Å². The van der Waals surface area contributed by atoms with Gasteiger partial charge in [-0.1, -0.05) is 0 Å². The van der Waals surface area contributed by atoms with E-state index in [9.17, 15) is 0 Å². The molecule has 108 valence electrons. The van der Waals surface area contributed by atoms with Crippen LogP contribution in [0.15, 0.2) is 0 Å². The van der Waals surface area contributed by atoms with Crippen LogP contribution in [0.5, 0.6) is 6.01 Å². The summed E-state index contributed by atoms with van der Waals surface area (Å²) in [5, 5.41) is 8.75. The summed E-state index contributed by atoms with van der Waals surface area (Å²) in [6, 6.07) is 2.77. The Kier molecular flexibility index (Phi) is 4.53. The molecular formula is C12H19N7O. The van der Waals surface area contributed by atoms with Gasteiger partial charge in [-0.25, -0.2) is 5.84 Å². The summed E-state index contributed by atoms with van der Waals surface area (Å²) < 4.78 is 5.50. The first-order valence-corrected chi connectivity index (χ1v) is 6.67. The molecule has 8 nitrogen and oxygen atoms in total. The van der Waals surface area contributed by atoms with E-state index < -0.39 is 0 Å². The van der Waals surface area contributed by atoms with Crippen molar-refractivity contribution in [2.45, 2.75) is 45.3 Å². The van der Waals surface area contributed by atoms with E-state index in [0.717, 1.165) is 12.8 Å². The van der Waals surface area contributed by atoms with E-state index in [1.165, 1.54) is 0 Å². The molecule has 1 heterocycles. The lowest BCUT2D eigenvalue weighted by atomic mass is 10.4. The summed E-state index contributed by atoms with van der Waals surface area (Å²) in [7, 11) is 0. The second-order valence-electron chi connectivity index (χ2n) is 4.89. The van der Waals surface area contributed by atoms with Crippen LogP contribution in [0.25, 0.3) is 0 Å². The maximum Gasteiger partial charge on any atom is 0.323 e. The van der Waals surface area contributed by atoms with Gasteiger partial charge in [0.2, 0.25) is 11.9 Å². The number of hydrazine groups is 1. The van der Waals surface area contributed by atoms with E-state index in [1.807, 2.05) is 18.7 Å². The zero-order valence-corrected chi connectivity index (χ0v) is 11.7. The molecule has 0 radical (unpaired) electrons. The van der Waals surface area contributed by atoms with Gasteiger partial charge in [0.1, 0.15) is 0 Å².